The lowest BCUT2D eigenvalue weighted by Gasteiger charge is -2.13. The number of phenols is 2. The van der Waals surface area contributed by atoms with E-state index in [0.717, 1.165) is 27.8 Å². The summed E-state index contributed by atoms with van der Waals surface area (Å²) >= 11 is 0. The third kappa shape index (κ3) is 1.98. The van der Waals surface area contributed by atoms with Crippen LogP contribution < -0.4 is 0 Å². The summed E-state index contributed by atoms with van der Waals surface area (Å²) in [6, 6.07) is 9.09. The highest BCUT2D eigenvalue weighted by Gasteiger charge is 2.12. The summed E-state index contributed by atoms with van der Waals surface area (Å²) in [4.78, 5) is 0. The first-order chi connectivity index (χ1) is 8.00. The van der Waals surface area contributed by atoms with Crippen molar-refractivity contribution in [2.24, 2.45) is 0 Å². The molecule has 0 unspecified atom stereocenters. The summed E-state index contributed by atoms with van der Waals surface area (Å²) in [5, 5.41) is 19.6. The van der Waals surface area contributed by atoms with E-state index in [1.807, 2.05) is 39.0 Å². The molecule has 0 radical (unpaired) electrons. The van der Waals surface area contributed by atoms with Crippen LogP contribution in [0.2, 0.25) is 0 Å². The van der Waals surface area contributed by atoms with Crippen LogP contribution in [0.4, 0.5) is 0 Å². The van der Waals surface area contributed by atoms with E-state index in [0.29, 0.717) is 5.75 Å². The maximum atomic E-state index is 10.2. The summed E-state index contributed by atoms with van der Waals surface area (Å²) in [5.41, 5.74) is 4.65. The van der Waals surface area contributed by atoms with E-state index < -0.39 is 0 Å². The van der Waals surface area contributed by atoms with Gasteiger partial charge in [-0.05, 0) is 55.2 Å². The Hall–Kier alpha value is -1.96. The minimum atomic E-state index is 0.246. The molecule has 2 aromatic carbocycles. The van der Waals surface area contributed by atoms with Gasteiger partial charge >= 0.3 is 0 Å². The molecule has 0 spiro atoms. The molecule has 0 aliphatic heterocycles. The zero-order valence-electron chi connectivity index (χ0n) is 10.3. The lowest BCUT2D eigenvalue weighted by Crippen LogP contribution is -1.89. The molecule has 2 aromatic rings. The standard InChI is InChI=1S/C15H16O2/c1-9-4-5-10(2)15(17)14(9)13-7-6-12(16)8-11(13)3/h4-8,16-17H,1-3H3. The van der Waals surface area contributed by atoms with Crippen molar-refractivity contribution >= 4 is 0 Å². The van der Waals surface area contributed by atoms with Crippen LogP contribution in [-0.2, 0) is 0 Å². The number of hydrogen-bond donors (Lipinski definition) is 2. The molecule has 2 nitrogen and oxygen atoms in total. The van der Waals surface area contributed by atoms with E-state index in [9.17, 15) is 10.2 Å². The number of aromatic hydroxyl groups is 2. The van der Waals surface area contributed by atoms with Gasteiger partial charge in [-0.3, -0.25) is 0 Å². The Kier molecular flexibility index (Phi) is 2.80. The normalized spacial score (nSPS) is 10.5. The largest absolute Gasteiger partial charge is 0.508 e. The van der Waals surface area contributed by atoms with Crippen molar-refractivity contribution in [2.45, 2.75) is 20.8 Å². The Morgan fingerprint density at radius 1 is 0.765 bits per heavy atom. The van der Waals surface area contributed by atoms with E-state index in [2.05, 4.69) is 0 Å². The van der Waals surface area contributed by atoms with Gasteiger partial charge in [-0.25, -0.2) is 0 Å². The van der Waals surface area contributed by atoms with Crippen LogP contribution in [-0.4, -0.2) is 10.2 Å². The first kappa shape index (κ1) is 11.5. The van der Waals surface area contributed by atoms with Crippen LogP contribution in [0.3, 0.4) is 0 Å². The van der Waals surface area contributed by atoms with Crippen LogP contribution in [0.5, 0.6) is 11.5 Å². The second-order valence-corrected chi connectivity index (χ2v) is 4.42. The molecule has 88 valence electrons. The van der Waals surface area contributed by atoms with Crippen molar-refractivity contribution in [3.05, 3.63) is 47.0 Å². The molecule has 2 heteroatoms. The number of aryl methyl sites for hydroxylation is 3. The molecule has 0 saturated heterocycles. The van der Waals surface area contributed by atoms with Gasteiger partial charge in [0.15, 0.2) is 0 Å². The fourth-order valence-electron chi connectivity index (χ4n) is 2.06. The summed E-state index contributed by atoms with van der Waals surface area (Å²) in [5.74, 6) is 0.565. The van der Waals surface area contributed by atoms with Crippen molar-refractivity contribution in [2.75, 3.05) is 0 Å². The Morgan fingerprint density at radius 2 is 1.41 bits per heavy atom. The predicted molar refractivity (Wildman–Crippen MR) is 69.4 cm³/mol. The SMILES string of the molecule is Cc1cc(O)ccc1-c1c(C)ccc(C)c1O. The molecule has 0 saturated carbocycles. The minimum absolute atomic E-state index is 0.246. The second kappa shape index (κ2) is 4.13. The number of hydrogen-bond acceptors (Lipinski definition) is 2. The Balaban J connectivity index is 2.72. The summed E-state index contributed by atoms with van der Waals surface area (Å²) in [6.45, 7) is 5.78. The average Bonchev–Trinajstić information content (AvgIpc) is 2.27. The van der Waals surface area contributed by atoms with Gasteiger partial charge < -0.3 is 10.2 Å². The van der Waals surface area contributed by atoms with Gasteiger partial charge in [0.2, 0.25) is 0 Å². The first-order valence-electron chi connectivity index (χ1n) is 5.60. The van der Waals surface area contributed by atoms with Crippen LogP contribution in [0.25, 0.3) is 11.1 Å². The van der Waals surface area contributed by atoms with E-state index in [4.69, 9.17) is 0 Å². The van der Waals surface area contributed by atoms with Crippen LogP contribution in [0.1, 0.15) is 16.7 Å². The Bertz CT molecular complexity index is 571. The summed E-state index contributed by atoms with van der Waals surface area (Å²) in [6.07, 6.45) is 0. The Morgan fingerprint density at radius 3 is 2.06 bits per heavy atom. The lowest BCUT2D eigenvalue weighted by atomic mass is 9.94. The van der Waals surface area contributed by atoms with E-state index in [1.165, 1.54) is 0 Å². The average molecular weight is 228 g/mol. The lowest BCUT2D eigenvalue weighted by molar-refractivity contribution is 0.471. The smallest absolute Gasteiger partial charge is 0.126 e. The monoisotopic (exact) mass is 228 g/mol. The van der Waals surface area contributed by atoms with E-state index in [1.54, 1.807) is 12.1 Å². The summed E-state index contributed by atoms with van der Waals surface area (Å²) in [7, 11) is 0. The Labute approximate surface area is 101 Å². The van der Waals surface area contributed by atoms with E-state index >= 15 is 0 Å². The molecule has 0 amide bonds. The minimum Gasteiger partial charge on any atom is -0.508 e. The van der Waals surface area contributed by atoms with Crippen molar-refractivity contribution in [1.29, 1.82) is 0 Å². The van der Waals surface area contributed by atoms with Crippen molar-refractivity contribution < 1.29 is 10.2 Å². The molecule has 0 heterocycles. The second-order valence-electron chi connectivity index (χ2n) is 4.42. The highest BCUT2D eigenvalue weighted by atomic mass is 16.3. The van der Waals surface area contributed by atoms with Gasteiger partial charge in [-0.15, -0.1) is 0 Å². The van der Waals surface area contributed by atoms with Crippen molar-refractivity contribution in [3.8, 4) is 22.6 Å². The molecule has 2 rings (SSSR count). The van der Waals surface area contributed by atoms with Crippen LogP contribution in [0, 0.1) is 20.8 Å². The summed E-state index contributed by atoms with van der Waals surface area (Å²) < 4.78 is 0. The van der Waals surface area contributed by atoms with E-state index in [-0.39, 0.29) is 5.75 Å². The maximum Gasteiger partial charge on any atom is 0.126 e. The van der Waals surface area contributed by atoms with Gasteiger partial charge in [0.1, 0.15) is 11.5 Å². The molecule has 0 aliphatic carbocycles. The van der Waals surface area contributed by atoms with Gasteiger partial charge in [0, 0.05) is 5.56 Å². The third-order valence-corrected chi connectivity index (χ3v) is 3.07. The molecular weight excluding hydrogens is 212 g/mol. The van der Waals surface area contributed by atoms with Crippen molar-refractivity contribution in [1.82, 2.24) is 0 Å². The van der Waals surface area contributed by atoms with Crippen molar-refractivity contribution in [3.63, 3.8) is 0 Å². The number of rotatable bonds is 1. The highest BCUT2D eigenvalue weighted by Crippen LogP contribution is 2.37. The molecule has 0 atom stereocenters. The van der Waals surface area contributed by atoms with Crippen LogP contribution >= 0.6 is 0 Å². The highest BCUT2D eigenvalue weighted by molar-refractivity contribution is 5.77. The zero-order valence-corrected chi connectivity index (χ0v) is 10.3. The molecule has 0 bridgehead atoms. The topological polar surface area (TPSA) is 40.5 Å². The zero-order chi connectivity index (χ0) is 12.6. The molecule has 0 fully saturated rings. The number of benzene rings is 2. The molecule has 0 aliphatic rings. The molecule has 0 aromatic heterocycles. The van der Waals surface area contributed by atoms with Crippen LogP contribution in [0.15, 0.2) is 30.3 Å². The van der Waals surface area contributed by atoms with Gasteiger partial charge in [0.05, 0.1) is 0 Å². The quantitative estimate of drug-likeness (QED) is 0.781. The fraction of sp³-hybridized carbons (Fsp3) is 0.200. The van der Waals surface area contributed by atoms with Gasteiger partial charge in [0.25, 0.3) is 0 Å². The molecular formula is C15H16O2. The molecule has 17 heavy (non-hydrogen) atoms. The fourth-order valence-corrected chi connectivity index (χ4v) is 2.06. The van der Waals surface area contributed by atoms with Gasteiger partial charge in [-0.2, -0.15) is 0 Å². The third-order valence-electron chi connectivity index (χ3n) is 3.07. The number of phenolic OH excluding ortho intramolecular Hbond substituents is 2. The van der Waals surface area contributed by atoms with Gasteiger partial charge in [-0.1, -0.05) is 18.2 Å². The first-order valence-corrected chi connectivity index (χ1v) is 5.60. The maximum absolute atomic E-state index is 10.2. The predicted octanol–water partition coefficient (Wildman–Crippen LogP) is 3.69. The molecule has 2 N–H and O–H groups in total.